The van der Waals surface area contributed by atoms with Gasteiger partial charge in [0.05, 0.1) is 16.6 Å². The summed E-state index contributed by atoms with van der Waals surface area (Å²) in [7, 11) is 0. The maximum Gasteiger partial charge on any atom is 0.256 e. The van der Waals surface area contributed by atoms with Crippen molar-refractivity contribution in [2.45, 2.75) is 56.5 Å². The number of hydrogen-bond donors (Lipinski definition) is 3. The number of thioether (sulfide) groups is 1. The zero-order chi connectivity index (χ0) is 21.0. The van der Waals surface area contributed by atoms with Gasteiger partial charge in [0.15, 0.2) is 0 Å². The SMILES string of the molecule is CSC(CC1CC(c2ccc(C#CC3CC(C(C)(C)O)C3)cc2)=NO1)C(=O)NO. The largest absolute Gasteiger partial charge is 0.392 e. The number of nitrogens with zero attached hydrogens (tertiary/aromatic N) is 1. The van der Waals surface area contributed by atoms with E-state index in [1.54, 1.807) is 5.48 Å². The van der Waals surface area contributed by atoms with Crippen molar-refractivity contribution >= 4 is 23.4 Å². The van der Waals surface area contributed by atoms with Gasteiger partial charge in [-0.15, -0.1) is 0 Å². The quantitative estimate of drug-likeness (QED) is 0.377. The topological polar surface area (TPSA) is 91.2 Å². The van der Waals surface area contributed by atoms with E-state index in [0.717, 1.165) is 29.7 Å². The summed E-state index contributed by atoms with van der Waals surface area (Å²) in [5.74, 6) is 6.81. The highest BCUT2D eigenvalue weighted by molar-refractivity contribution is 7.99. The smallest absolute Gasteiger partial charge is 0.256 e. The van der Waals surface area contributed by atoms with Crippen LogP contribution in [0.2, 0.25) is 0 Å². The van der Waals surface area contributed by atoms with Crippen LogP contribution < -0.4 is 5.48 Å². The van der Waals surface area contributed by atoms with E-state index >= 15 is 0 Å². The molecule has 3 N–H and O–H groups in total. The van der Waals surface area contributed by atoms with Crippen molar-refractivity contribution in [1.29, 1.82) is 0 Å². The van der Waals surface area contributed by atoms with Crippen LogP contribution in [0.15, 0.2) is 29.4 Å². The predicted octanol–water partition coefficient (Wildman–Crippen LogP) is 2.96. The van der Waals surface area contributed by atoms with Gasteiger partial charge < -0.3 is 9.94 Å². The van der Waals surface area contributed by atoms with Crippen LogP contribution in [0.3, 0.4) is 0 Å². The van der Waals surface area contributed by atoms with Gasteiger partial charge in [0.2, 0.25) is 0 Å². The monoisotopic (exact) mass is 416 g/mol. The van der Waals surface area contributed by atoms with Gasteiger partial charge in [-0.2, -0.15) is 11.8 Å². The number of carbonyl (C=O) groups is 1. The summed E-state index contributed by atoms with van der Waals surface area (Å²) < 4.78 is 0. The van der Waals surface area contributed by atoms with Gasteiger partial charge in [-0.3, -0.25) is 10.0 Å². The Bertz CT molecular complexity index is 814. The summed E-state index contributed by atoms with van der Waals surface area (Å²) in [5, 5.41) is 22.6. The Balaban J connectivity index is 1.51. The predicted molar refractivity (Wildman–Crippen MR) is 114 cm³/mol. The molecular formula is C22H28N2O4S. The van der Waals surface area contributed by atoms with E-state index in [2.05, 4.69) is 17.0 Å². The van der Waals surface area contributed by atoms with E-state index in [9.17, 15) is 9.90 Å². The number of aliphatic hydroxyl groups is 1. The molecule has 1 amide bonds. The molecule has 3 rings (SSSR count). The average Bonchev–Trinajstić information content (AvgIpc) is 3.12. The third-order valence-electron chi connectivity index (χ3n) is 5.67. The highest BCUT2D eigenvalue weighted by Crippen LogP contribution is 2.40. The molecule has 1 saturated carbocycles. The molecule has 0 spiro atoms. The molecular weight excluding hydrogens is 388 g/mol. The molecule has 29 heavy (non-hydrogen) atoms. The van der Waals surface area contributed by atoms with E-state index in [1.807, 2.05) is 44.4 Å². The molecule has 0 bridgehead atoms. The van der Waals surface area contributed by atoms with Gasteiger partial charge in [-0.05, 0) is 56.6 Å². The first-order valence-corrected chi connectivity index (χ1v) is 11.1. The van der Waals surface area contributed by atoms with Crippen LogP contribution in [0.25, 0.3) is 0 Å². The average molecular weight is 417 g/mol. The van der Waals surface area contributed by atoms with Crippen molar-refractivity contribution in [2.24, 2.45) is 17.0 Å². The van der Waals surface area contributed by atoms with Crippen molar-refractivity contribution in [3.8, 4) is 11.8 Å². The Morgan fingerprint density at radius 1 is 1.38 bits per heavy atom. The molecule has 1 aromatic carbocycles. The lowest BCUT2D eigenvalue weighted by molar-refractivity contribution is -0.129. The van der Waals surface area contributed by atoms with Gasteiger partial charge in [-0.1, -0.05) is 29.1 Å². The second kappa shape index (κ2) is 9.21. The second-order valence-electron chi connectivity index (χ2n) is 8.27. The fourth-order valence-corrected chi connectivity index (χ4v) is 4.26. The normalized spacial score (nSPS) is 24.4. The standard InChI is InChI=1S/C22H28N2O4S/c1-22(2,26)17-10-15(11-17)5-4-14-6-8-16(9-7-14)19-12-18(28-24-19)13-20(29-3)21(25)23-27/h6-9,15,17-18,20,26-27H,10-13H2,1-3H3,(H,23,25). The van der Waals surface area contributed by atoms with Crippen molar-refractivity contribution < 1.29 is 19.9 Å². The Morgan fingerprint density at radius 2 is 2.07 bits per heavy atom. The minimum absolute atomic E-state index is 0.179. The minimum Gasteiger partial charge on any atom is -0.392 e. The number of benzene rings is 1. The molecule has 2 atom stereocenters. The molecule has 1 fully saturated rings. The van der Waals surface area contributed by atoms with Crippen molar-refractivity contribution in [3.63, 3.8) is 0 Å². The maximum atomic E-state index is 11.6. The zero-order valence-electron chi connectivity index (χ0n) is 17.0. The van der Waals surface area contributed by atoms with Crippen LogP contribution in [0.4, 0.5) is 0 Å². The zero-order valence-corrected chi connectivity index (χ0v) is 17.8. The minimum atomic E-state index is -0.612. The number of hydroxylamine groups is 1. The summed E-state index contributed by atoms with van der Waals surface area (Å²) in [5.41, 5.74) is 3.88. The lowest BCUT2D eigenvalue weighted by Gasteiger charge is -2.40. The first-order valence-electron chi connectivity index (χ1n) is 9.84. The molecule has 7 heteroatoms. The van der Waals surface area contributed by atoms with Gasteiger partial charge in [0.25, 0.3) is 5.91 Å². The number of amides is 1. The number of hydrogen-bond acceptors (Lipinski definition) is 6. The van der Waals surface area contributed by atoms with Gasteiger partial charge >= 0.3 is 0 Å². The first-order chi connectivity index (χ1) is 13.8. The van der Waals surface area contributed by atoms with E-state index in [0.29, 0.717) is 24.7 Å². The Morgan fingerprint density at radius 3 is 2.66 bits per heavy atom. The first kappa shape index (κ1) is 21.7. The number of oxime groups is 1. The molecule has 156 valence electrons. The Labute approximate surface area is 176 Å². The summed E-state index contributed by atoms with van der Waals surface area (Å²) in [6, 6.07) is 7.94. The lowest BCUT2D eigenvalue weighted by atomic mass is 9.68. The Hall–Kier alpha value is -2.01. The van der Waals surface area contributed by atoms with E-state index in [4.69, 9.17) is 10.0 Å². The second-order valence-corrected chi connectivity index (χ2v) is 9.31. The molecule has 0 saturated heterocycles. The van der Waals surface area contributed by atoms with Crippen LogP contribution in [-0.4, -0.2) is 45.1 Å². The molecule has 0 radical (unpaired) electrons. The third kappa shape index (κ3) is 5.53. The van der Waals surface area contributed by atoms with Crippen LogP contribution in [0.5, 0.6) is 0 Å². The molecule has 1 aliphatic heterocycles. The van der Waals surface area contributed by atoms with Crippen LogP contribution in [0.1, 0.15) is 50.7 Å². The van der Waals surface area contributed by atoms with Gasteiger partial charge in [-0.25, -0.2) is 5.48 Å². The van der Waals surface area contributed by atoms with Crippen LogP contribution in [-0.2, 0) is 9.63 Å². The lowest BCUT2D eigenvalue weighted by Crippen LogP contribution is -2.40. The maximum absolute atomic E-state index is 11.6. The van der Waals surface area contributed by atoms with Crippen LogP contribution >= 0.6 is 11.8 Å². The summed E-state index contributed by atoms with van der Waals surface area (Å²) in [4.78, 5) is 17.1. The number of rotatable bonds is 6. The molecule has 0 aromatic heterocycles. The molecule has 1 aromatic rings. The third-order valence-corrected chi connectivity index (χ3v) is 6.65. The molecule has 2 aliphatic rings. The fourth-order valence-electron chi connectivity index (χ4n) is 3.59. The van der Waals surface area contributed by atoms with Crippen molar-refractivity contribution in [2.75, 3.05) is 6.26 Å². The fraction of sp³-hybridized carbons (Fsp3) is 0.545. The van der Waals surface area contributed by atoms with E-state index in [-0.39, 0.29) is 11.4 Å². The van der Waals surface area contributed by atoms with Crippen molar-refractivity contribution in [1.82, 2.24) is 5.48 Å². The summed E-state index contributed by atoms with van der Waals surface area (Å²) >= 11 is 1.37. The van der Waals surface area contributed by atoms with Gasteiger partial charge in [0, 0.05) is 24.3 Å². The number of nitrogens with one attached hydrogen (secondary N) is 1. The van der Waals surface area contributed by atoms with Crippen LogP contribution in [0, 0.1) is 23.7 Å². The summed E-state index contributed by atoms with van der Waals surface area (Å²) in [6.07, 6.45) is 4.66. The molecule has 1 heterocycles. The summed E-state index contributed by atoms with van der Waals surface area (Å²) in [6.45, 7) is 3.73. The molecule has 6 nitrogen and oxygen atoms in total. The van der Waals surface area contributed by atoms with E-state index < -0.39 is 11.5 Å². The van der Waals surface area contributed by atoms with Crippen molar-refractivity contribution in [3.05, 3.63) is 35.4 Å². The van der Waals surface area contributed by atoms with E-state index in [1.165, 1.54) is 11.8 Å². The van der Waals surface area contributed by atoms with Gasteiger partial charge in [0.1, 0.15) is 6.10 Å². The molecule has 1 aliphatic carbocycles. The highest BCUT2D eigenvalue weighted by Gasteiger charge is 2.37. The highest BCUT2D eigenvalue weighted by atomic mass is 32.2. The molecule has 2 unspecified atom stereocenters. The Kier molecular flexibility index (Phi) is 6.89. The number of carbonyl (C=O) groups excluding carboxylic acids is 1.